The van der Waals surface area contributed by atoms with E-state index in [1.807, 2.05) is 0 Å². The fourth-order valence-electron chi connectivity index (χ4n) is 1.42. The molecule has 2 atom stereocenters. The van der Waals surface area contributed by atoms with E-state index in [0.717, 1.165) is 0 Å². The lowest BCUT2D eigenvalue weighted by molar-refractivity contribution is -0.155. The largest absolute Gasteiger partial charge is 0.481 e. The molecule has 1 aliphatic carbocycles. The topological polar surface area (TPSA) is 57.6 Å². The van der Waals surface area contributed by atoms with Gasteiger partial charge in [-0.3, -0.25) is 9.59 Å². The van der Waals surface area contributed by atoms with Gasteiger partial charge < -0.3 is 10.0 Å². The minimum atomic E-state index is -0.846. The number of carboxylic acids is 1. The Morgan fingerprint density at radius 3 is 2.00 bits per heavy atom. The van der Waals surface area contributed by atoms with Gasteiger partial charge in [0, 0.05) is 14.1 Å². The molecule has 0 saturated heterocycles. The Kier molecular flexibility index (Phi) is 2.35. The first-order valence-corrected chi connectivity index (χ1v) is 3.98. The van der Waals surface area contributed by atoms with Crippen LogP contribution in [0.15, 0.2) is 0 Å². The molecule has 1 amide bonds. The van der Waals surface area contributed by atoms with Gasteiger partial charge in [0.15, 0.2) is 0 Å². The summed E-state index contributed by atoms with van der Waals surface area (Å²) >= 11 is 0. The van der Waals surface area contributed by atoms with Crippen molar-refractivity contribution in [2.24, 2.45) is 11.8 Å². The van der Waals surface area contributed by atoms with E-state index in [1.165, 1.54) is 4.90 Å². The summed E-state index contributed by atoms with van der Waals surface area (Å²) in [5, 5.41) is 8.66. The molecule has 0 aromatic heterocycles. The van der Waals surface area contributed by atoms with Crippen LogP contribution < -0.4 is 0 Å². The van der Waals surface area contributed by atoms with Crippen molar-refractivity contribution in [2.75, 3.05) is 14.1 Å². The van der Waals surface area contributed by atoms with Crippen LogP contribution in [0.3, 0.4) is 0 Å². The molecule has 1 N–H and O–H groups in total. The third-order valence-electron chi connectivity index (χ3n) is 2.35. The van der Waals surface area contributed by atoms with Gasteiger partial charge in [-0.15, -0.1) is 0 Å². The van der Waals surface area contributed by atoms with E-state index in [4.69, 9.17) is 5.11 Å². The van der Waals surface area contributed by atoms with Gasteiger partial charge in [0.05, 0.1) is 11.8 Å². The van der Waals surface area contributed by atoms with Crippen molar-refractivity contribution >= 4 is 11.9 Å². The molecule has 1 rings (SSSR count). The first-order valence-electron chi connectivity index (χ1n) is 3.98. The van der Waals surface area contributed by atoms with E-state index >= 15 is 0 Å². The summed E-state index contributed by atoms with van der Waals surface area (Å²) in [6.07, 6.45) is 1.35. The van der Waals surface area contributed by atoms with Crippen molar-refractivity contribution in [3.63, 3.8) is 0 Å². The summed E-state index contributed by atoms with van der Waals surface area (Å²) in [6.45, 7) is 0. The zero-order valence-electron chi connectivity index (χ0n) is 7.28. The Hall–Kier alpha value is -1.06. The second kappa shape index (κ2) is 3.13. The SMILES string of the molecule is CN(C)C(=O)[C@@H]1CC[C@@H]1C(=O)O. The van der Waals surface area contributed by atoms with Crippen LogP contribution >= 0.6 is 0 Å². The van der Waals surface area contributed by atoms with Crippen molar-refractivity contribution in [3.05, 3.63) is 0 Å². The lowest BCUT2D eigenvalue weighted by Crippen LogP contribution is -2.43. The maximum absolute atomic E-state index is 11.3. The molecule has 0 unspecified atom stereocenters. The number of hydrogen-bond acceptors (Lipinski definition) is 2. The van der Waals surface area contributed by atoms with Crippen LogP contribution in [0, 0.1) is 11.8 Å². The molecule has 4 heteroatoms. The Labute approximate surface area is 71.2 Å². The van der Waals surface area contributed by atoms with Crippen LogP contribution in [-0.4, -0.2) is 36.0 Å². The molecule has 1 fully saturated rings. The lowest BCUT2D eigenvalue weighted by atomic mass is 9.73. The number of aliphatic carboxylic acids is 1. The highest BCUT2D eigenvalue weighted by Gasteiger charge is 2.41. The molecular formula is C8H13NO3. The molecule has 1 aliphatic rings. The second-order valence-corrected chi connectivity index (χ2v) is 3.36. The van der Waals surface area contributed by atoms with Crippen molar-refractivity contribution in [3.8, 4) is 0 Å². The molecule has 0 heterocycles. The average molecular weight is 171 g/mol. The Morgan fingerprint density at radius 2 is 1.75 bits per heavy atom. The van der Waals surface area contributed by atoms with Crippen LogP contribution in [0.5, 0.6) is 0 Å². The fraction of sp³-hybridized carbons (Fsp3) is 0.750. The normalized spacial score (nSPS) is 27.5. The van der Waals surface area contributed by atoms with Crippen molar-refractivity contribution in [2.45, 2.75) is 12.8 Å². The molecular weight excluding hydrogens is 158 g/mol. The average Bonchev–Trinajstić information content (AvgIpc) is 1.82. The van der Waals surface area contributed by atoms with Crippen molar-refractivity contribution in [1.29, 1.82) is 0 Å². The third-order valence-corrected chi connectivity index (χ3v) is 2.35. The Bertz CT molecular complexity index is 212. The number of amides is 1. The van der Waals surface area contributed by atoms with E-state index in [0.29, 0.717) is 12.8 Å². The number of hydrogen-bond donors (Lipinski definition) is 1. The quantitative estimate of drug-likeness (QED) is 0.645. The fourth-order valence-corrected chi connectivity index (χ4v) is 1.42. The maximum atomic E-state index is 11.3. The molecule has 0 aromatic rings. The van der Waals surface area contributed by atoms with Crippen LogP contribution in [-0.2, 0) is 9.59 Å². The highest BCUT2D eigenvalue weighted by molar-refractivity contribution is 5.86. The minimum absolute atomic E-state index is 0.0614. The van der Waals surface area contributed by atoms with Crippen LogP contribution in [0.4, 0.5) is 0 Å². The van der Waals surface area contributed by atoms with Crippen molar-refractivity contribution < 1.29 is 14.7 Å². The predicted molar refractivity (Wildman–Crippen MR) is 42.5 cm³/mol. The number of carbonyl (C=O) groups is 2. The highest BCUT2D eigenvalue weighted by atomic mass is 16.4. The first kappa shape index (κ1) is 9.03. The molecule has 0 aliphatic heterocycles. The lowest BCUT2D eigenvalue weighted by Gasteiger charge is -2.33. The van der Waals surface area contributed by atoms with Crippen molar-refractivity contribution in [1.82, 2.24) is 4.90 Å². The molecule has 4 nitrogen and oxygen atoms in total. The van der Waals surface area contributed by atoms with Gasteiger partial charge in [-0.05, 0) is 12.8 Å². The number of carboxylic acid groups (broad SMARTS) is 1. The number of carbonyl (C=O) groups excluding carboxylic acids is 1. The summed E-state index contributed by atoms with van der Waals surface area (Å²) < 4.78 is 0. The summed E-state index contributed by atoms with van der Waals surface area (Å²) in [5.74, 6) is -1.63. The summed E-state index contributed by atoms with van der Waals surface area (Å²) in [5.41, 5.74) is 0. The maximum Gasteiger partial charge on any atom is 0.307 e. The van der Waals surface area contributed by atoms with E-state index in [-0.39, 0.29) is 11.8 Å². The van der Waals surface area contributed by atoms with E-state index < -0.39 is 11.9 Å². The second-order valence-electron chi connectivity index (χ2n) is 3.36. The van der Waals surface area contributed by atoms with Gasteiger partial charge in [0.1, 0.15) is 0 Å². The molecule has 0 bridgehead atoms. The standard InChI is InChI=1S/C8H13NO3/c1-9(2)7(10)5-3-4-6(5)8(11)12/h5-6H,3-4H2,1-2H3,(H,11,12)/t5-,6+/m1/s1. The van der Waals surface area contributed by atoms with E-state index in [1.54, 1.807) is 14.1 Å². The molecule has 0 radical (unpaired) electrons. The Morgan fingerprint density at radius 1 is 1.25 bits per heavy atom. The molecule has 1 saturated carbocycles. The zero-order valence-corrected chi connectivity index (χ0v) is 7.28. The van der Waals surface area contributed by atoms with Gasteiger partial charge in [-0.25, -0.2) is 0 Å². The molecule has 0 aromatic carbocycles. The van der Waals surface area contributed by atoms with Gasteiger partial charge in [-0.1, -0.05) is 0 Å². The minimum Gasteiger partial charge on any atom is -0.481 e. The molecule has 68 valence electrons. The molecule has 12 heavy (non-hydrogen) atoms. The summed E-state index contributed by atoms with van der Waals surface area (Å²) in [7, 11) is 3.30. The van der Waals surface area contributed by atoms with E-state index in [2.05, 4.69) is 0 Å². The molecule has 0 spiro atoms. The van der Waals surface area contributed by atoms with Gasteiger partial charge in [0.2, 0.25) is 5.91 Å². The van der Waals surface area contributed by atoms with Crippen LogP contribution in [0.25, 0.3) is 0 Å². The van der Waals surface area contributed by atoms with Gasteiger partial charge >= 0.3 is 5.97 Å². The smallest absolute Gasteiger partial charge is 0.307 e. The van der Waals surface area contributed by atoms with Gasteiger partial charge in [0.25, 0.3) is 0 Å². The Balaban J connectivity index is 2.55. The monoisotopic (exact) mass is 171 g/mol. The highest BCUT2D eigenvalue weighted by Crippen LogP contribution is 2.35. The number of nitrogens with zero attached hydrogens (tertiary/aromatic N) is 1. The predicted octanol–water partition coefficient (Wildman–Crippen LogP) is 0.185. The summed E-state index contributed by atoms with van der Waals surface area (Å²) in [4.78, 5) is 23.3. The summed E-state index contributed by atoms with van der Waals surface area (Å²) in [6, 6.07) is 0. The first-order chi connectivity index (χ1) is 5.54. The van der Waals surface area contributed by atoms with E-state index in [9.17, 15) is 9.59 Å². The van der Waals surface area contributed by atoms with Crippen LogP contribution in [0.2, 0.25) is 0 Å². The van der Waals surface area contributed by atoms with Crippen LogP contribution in [0.1, 0.15) is 12.8 Å². The zero-order chi connectivity index (χ0) is 9.30. The number of rotatable bonds is 2. The third kappa shape index (κ3) is 1.42. The van der Waals surface area contributed by atoms with Gasteiger partial charge in [-0.2, -0.15) is 0 Å².